The van der Waals surface area contributed by atoms with Crippen molar-refractivity contribution >= 4 is 23.3 Å². The maximum Gasteiger partial charge on any atom is 0.416 e. The number of halogens is 3. The van der Waals surface area contributed by atoms with Crippen molar-refractivity contribution in [3.63, 3.8) is 0 Å². The lowest BCUT2D eigenvalue weighted by molar-refractivity contribution is -0.137. The van der Waals surface area contributed by atoms with Gasteiger partial charge in [-0.15, -0.1) is 0 Å². The first kappa shape index (κ1) is 19.9. The molecule has 1 saturated heterocycles. The number of nitrogens with one attached hydrogen (secondary N) is 2. The number of hydrogen-bond acceptors (Lipinski definition) is 4. The molecule has 2 aromatic carbocycles. The number of hydrogen-bond donors (Lipinski definition) is 2. The molecule has 2 aliphatic heterocycles. The number of urea groups is 1. The van der Waals surface area contributed by atoms with Crippen molar-refractivity contribution in [2.45, 2.75) is 18.6 Å². The Kier molecular flexibility index (Phi) is 5.15. The molecule has 0 aromatic heterocycles. The fourth-order valence-electron chi connectivity index (χ4n) is 3.35. The van der Waals surface area contributed by atoms with E-state index in [-0.39, 0.29) is 24.6 Å². The Labute approximate surface area is 169 Å². The van der Waals surface area contributed by atoms with Gasteiger partial charge in [-0.25, -0.2) is 4.79 Å². The fraction of sp³-hybridized carbons (Fsp3) is 0.300. The number of benzene rings is 2. The maximum absolute atomic E-state index is 12.6. The molecular weight excluding hydrogens is 403 g/mol. The molecule has 30 heavy (non-hydrogen) atoms. The molecule has 2 N–H and O–H groups in total. The molecule has 0 radical (unpaired) electrons. The standard InChI is InChI=1S/C20H18F3N3O4/c21-20(22,23)12-1-3-13(4-2-12)24-19(28)25-14-9-18(27)26(11-14)15-5-6-16-17(10-15)30-8-7-29-16/h1-6,10,14H,7-9,11H2,(H2,24,25,28). The van der Waals surface area contributed by atoms with Crippen LogP contribution in [0.3, 0.4) is 0 Å². The molecule has 2 heterocycles. The topological polar surface area (TPSA) is 79.9 Å². The largest absolute Gasteiger partial charge is 0.486 e. The Bertz CT molecular complexity index is 963. The Morgan fingerprint density at radius 2 is 1.73 bits per heavy atom. The monoisotopic (exact) mass is 421 g/mol. The summed E-state index contributed by atoms with van der Waals surface area (Å²) in [4.78, 5) is 26.1. The Hall–Kier alpha value is -3.43. The summed E-state index contributed by atoms with van der Waals surface area (Å²) in [6.07, 6.45) is -4.34. The molecule has 7 nitrogen and oxygen atoms in total. The predicted octanol–water partition coefficient (Wildman–Crippen LogP) is 3.40. The summed E-state index contributed by atoms with van der Waals surface area (Å²) < 4.78 is 48.8. The van der Waals surface area contributed by atoms with Crippen LogP contribution in [0.15, 0.2) is 42.5 Å². The van der Waals surface area contributed by atoms with E-state index in [2.05, 4.69) is 10.6 Å². The van der Waals surface area contributed by atoms with Gasteiger partial charge in [-0.05, 0) is 36.4 Å². The normalized spacial score (nSPS) is 18.3. The molecule has 0 spiro atoms. The summed E-state index contributed by atoms with van der Waals surface area (Å²) in [7, 11) is 0. The lowest BCUT2D eigenvalue weighted by atomic mass is 10.2. The summed E-state index contributed by atoms with van der Waals surface area (Å²) in [5.74, 6) is 1.01. The van der Waals surface area contributed by atoms with Gasteiger partial charge in [-0.3, -0.25) is 4.79 Å². The summed E-state index contributed by atoms with van der Waals surface area (Å²) in [5, 5.41) is 5.15. The number of carbonyl (C=O) groups is 2. The number of amides is 3. The third-order valence-corrected chi connectivity index (χ3v) is 4.77. The van der Waals surface area contributed by atoms with E-state index in [9.17, 15) is 22.8 Å². The van der Waals surface area contributed by atoms with E-state index in [4.69, 9.17) is 9.47 Å². The van der Waals surface area contributed by atoms with E-state index < -0.39 is 23.8 Å². The minimum absolute atomic E-state index is 0.106. The zero-order chi connectivity index (χ0) is 21.3. The van der Waals surface area contributed by atoms with Gasteiger partial charge in [0.1, 0.15) is 13.2 Å². The lowest BCUT2D eigenvalue weighted by Crippen LogP contribution is -2.39. The lowest BCUT2D eigenvalue weighted by Gasteiger charge is -2.22. The maximum atomic E-state index is 12.6. The van der Waals surface area contributed by atoms with Gasteiger partial charge in [0.05, 0.1) is 11.6 Å². The van der Waals surface area contributed by atoms with Crippen molar-refractivity contribution in [3.8, 4) is 11.5 Å². The zero-order valence-electron chi connectivity index (χ0n) is 15.7. The molecule has 0 bridgehead atoms. The van der Waals surface area contributed by atoms with Crippen molar-refractivity contribution in [2.24, 2.45) is 0 Å². The summed E-state index contributed by atoms with van der Waals surface area (Å²) in [5.41, 5.74) is 0.0510. The van der Waals surface area contributed by atoms with E-state index >= 15 is 0 Å². The van der Waals surface area contributed by atoms with Gasteiger partial charge in [0.25, 0.3) is 0 Å². The number of ether oxygens (including phenoxy) is 2. The van der Waals surface area contributed by atoms with Crippen molar-refractivity contribution in [3.05, 3.63) is 48.0 Å². The number of anilines is 2. The average molecular weight is 421 g/mol. The van der Waals surface area contributed by atoms with Crippen molar-refractivity contribution in [1.82, 2.24) is 5.32 Å². The summed E-state index contributed by atoms with van der Waals surface area (Å²) in [6.45, 7) is 1.16. The zero-order valence-corrected chi connectivity index (χ0v) is 15.7. The smallest absolute Gasteiger partial charge is 0.416 e. The Morgan fingerprint density at radius 1 is 1.03 bits per heavy atom. The molecular formula is C20H18F3N3O4. The Balaban J connectivity index is 1.36. The molecule has 2 aliphatic rings. The van der Waals surface area contributed by atoms with Crippen molar-refractivity contribution < 1.29 is 32.2 Å². The average Bonchev–Trinajstić information content (AvgIpc) is 3.07. The van der Waals surface area contributed by atoms with Crippen LogP contribution in [0.1, 0.15) is 12.0 Å². The van der Waals surface area contributed by atoms with E-state index in [0.29, 0.717) is 30.4 Å². The number of nitrogens with zero attached hydrogens (tertiary/aromatic N) is 1. The highest BCUT2D eigenvalue weighted by molar-refractivity contribution is 5.98. The highest BCUT2D eigenvalue weighted by atomic mass is 19.4. The van der Waals surface area contributed by atoms with Crippen LogP contribution < -0.4 is 25.0 Å². The van der Waals surface area contributed by atoms with Crippen LogP contribution in [-0.4, -0.2) is 37.7 Å². The van der Waals surface area contributed by atoms with Gasteiger partial charge in [0, 0.05) is 30.4 Å². The van der Waals surface area contributed by atoms with Crippen LogP contribution in [0.25, 0.3) is 0 Å². The number of fused-ring (bicyclic) bond motifs is 1. The van der Waals surface area contributed by atoms with Crippen molar-refractivity contribution in [2.75, 3.05) is 30.0 Å². The van der Waals surface area contributed by atoms with Crippen LogP contribution in [0.5, 0.6) is 11.5 Å². The predicted molar refractivity (Wildman–Crippen MR) is 102 cm³/mol. The third kappa shape index (κ3) is 4.27. The molecule has 1 atom stereocenters. The molecule has 0 saturated carbocycles. The second-order valence-electron chi connectivity index (χ2n) is 6.91. The van der Waals surface area contributed by atoms with Gasteiger partial charge >= 0.3 is 12.2 Å². The molecule has 3 amide bonds. The van der Waals surface area contributed by atoms with Gasteiger partial charge in [0.2, 0.25) is 5.91 Å². The van der Waals surface area contributed by atoms with Crippen LogP contribution in [0, 0.1) is 0 Å². The quantitative estimate of drug-likeness (QED) is 0.796. The van der Waals surface area contributed by atoms with E-state index in [1.807, 2.05) is 0 Å². The second-order valence-corrected chi connectivity index (χ2v) is 6.91. The number of carbonyl (C=O) groups excluding carboxylic acids is 2. The number of rotatable bonds is 3. The second kappa shape index (κ2) is 7.77. The van der Waals surface area contributed by atoms with E-state index in [0.717, 1.165) is 12.1 Å². The summed E-state index contributed by atoms with van der Waals surface area (Å²) >= 11 is 0. The number of alkyl halides is 3. The molecule has 2 aromatic rings. The summed E-state index contributed by atoms with van der Waals surface area (Å²) in [6, 6.07) is 8.27. The molecule has 158 valence electrons. The third-order valence-electron chi connectivity index (χ3n) is 4.77. The molecule has 1 unspecified atom stereocenters. The fourth-order valence-corrected chi connectivity index (χ4v) is 3.35. The van der Waals surface area contributed by atoms with E-state index in [1.54, 1.807) is 23.1 Å². The highest BCUT2D eigenvalue weighted by Crippen LogP contribution is 2.35. The minimum atomic E-state index is -4.44. The van der Waals surface area contributed by atoms with Gasteiger partial charge in [-0.1, -0.05) is 0 Å². The van der Waals surface area contributed by atoms with Crippen LogP contribution in [-0.2, 0) is 11.0 Å². The first-order valence-corrected chi connectivity index (χ1v) is 9.24. The van der Waals surface area contributed by atoms with Crippen LogP contribution in [0.2, 0.25) is 0 Å². The van der Waals surface area contributed by atoms with Gasteiger partial charge in [-0.2, -0.15) is 13.2 Å². The SMILES string of the molecule is O=C(Nc1ccc(C(F)(F)F)cc1)NC1CC(=O)N(c2ccc3c(c2)OCCO3)C1. The van der Waals surface area contributed by atoms with Crippen molar-refractivity contribution in [1.29, 1.82) is 0 Å². The molecule has 10 heteroatoms. The van der Waals surface area contributed by atoms with Crippen LogP contribution >= 0.6 is 0 Å². The first-order chi connectivity index (χ1) is 14.3. The minimum Gasteiger partial charge on any atom is -0.486 e. The van der Waals surface area contributed by atoms with Gasteiger partial charge in [0.15, 0.2) is 11.5 Å². The van der Waals surface area contributed by atoms with Crippen LogP contribution in [0.4, 0.5) is 29.3 Å². The Morgan fingerprint density at radius 3 is 2.43 bits per heavy atom. The van der Waals surface area contributed by atoms with E-state index in [1.165, 1.54) is 12.1 Å². The molecule has 1 fully saturated rings. The van der Waals surface area contributed by atoms with Gasteiger partial charge < -0.3 is 25.0 Å². The highest BCUT2D eigenvalue weighted by Gasteiger charge is 2.33. The molecule has 4 rings (SSSR count). The molecule has 0 aliphatic carbocycles. The first-order valence-electron chi connectivity index (χ1n) is 9.24.